The average molecular weight is 216 g/mol. The van der Waals surface area contributed by atoms with Crippen molar-refractivity contribution in [2.45, 2.75) is 39.5 Å². The molecule has 0 radical (unpaired) electrons. The third-order valence-electron chi connectivity index (χ3n) is 3.10. The molecule has 0 heterocycles. The predicted molar refractivity (Wildman–Crippen MR) is 63.9 cm³/mol. The molecule has 1 saturated carbocycles. The fourth-order valence-electron chi connectivity index (χ4n) is 2.10. The first-order chi connectivity index (χ1) is 6.68. The first-order valence-electron chi connectivity index (χ1n) is 5.59. The van der Waals surface area contributed by atoms with Crippen molar-refractivity contribution in [1.82, 2.24) is 5.32 Å². The lowest BCUT2D eigenvalue weighted by Gasteiger charge is -2.26. The van der Waals surface area contributed by atoms with E-state index in [4.69, 9.17) is 11.6 Å². The van der Waals surface area contributed by atoms with Crippen molar-refractivity contribution in [3.63, 3.8) is 0 Å². The van der Waals surface area contributed by atoms with Gasteiger partial charge in [0, 0.05) is 19.0 Å². The van der Waals surface area contributed by atoms with E-state index in [0.717, 1.165) is 19.0 Å². The summed E-state index contributed by atoms with van der Waals surface area (Å²) in [4.78, 5) is 0. The van der Waals surface area contributed by atoms with Gasteiger partial charge in [0.05, 0.1) is 0 Å². The molecule has 0 aliphatic heterocycles. The monoisotopic (exact) mass is 215 g/mol. The van der Waals surface area contributed by atoms with Gasteiger partial charge in [-0.05, 0) is 32.1 Å². The third-order valence-corrected chi connectivity index (χ3v) is 3.67. The molecule has 1 aliphatic carbocycles. The molecule has 0 amide bonds. The smallest absolute Gasteiger partial charge is 0.0292 e. The molecule has 0 aromatic heterocycles. The molecule has 1 aliphatic rings. The van der Waals surface area contributed by atoms with E-state index in [1.54, 1.807) is 0 Å². The van der Waals surface area contributed by atoms with Gasteiger partial charge in [-0.25, -0.2) is 0 Å². The molecule has 0 saturated heterocycles. The molecule has 14 heavy (non-hydrogen) atoms. The van der Waals surface area contributed by atoms with Gasteiger partial charge in [0.15, 0.2) is 0 Å². The lowest BCUT2D eigenvalue weighted by Crippen LogP contribution is -2.33. The molecule has 0 aromatic carbocycles. The summed E-state index contributed by atoms with van der Waals surface area (Å²) < 4.78 is 0. The quantitative estimate of drug-likeness (QED) is 0.422. The molecule has 0 spiro atoms. The zero-order valence-electron chi connectivity index (χ0n) is 9.41. The highest BCUT2D eigenvalue weighted by atomic mass is 35.5. The van der Waals surface area contributed by atoms with E-state index >= 15 is 0 Å². The van der Waals surface area contributed by atoms with Gasteiger partial charge in [0.1, 0.15) is 0 Å². The van der Waals surface area contributed by atoms with Crippen LogP contribution < -0.4 is 5.32 Å². The molecule has 82 valence electrons. The summed E-state index contributed by atoms with van der Waals surface area (Å²) in [5.41, 5.74) is 1.78. The molecule has 1 fully saturated rings. The van der Waals surface area contributed by atoms with Gasteiger partial charge < -0.3 is 5.32 Å². The second kappa shape index (κ2) is 5.77. The Hall–Kier alpha value is -0.0100. The SMILES string of the molecule is CC(C)=CCNCC1(CCl)CCCC1. The Morgan fingerprint density at radius 1 is 1.36 bits per heavy atom. The summed E-state index contributed by atoms with van der Waals surface area (Å²) in [6.07, 6.45) is 7.56. The second-order valence-electron chi connectivity index (χ2n) is 4.75. The number of halogens is 1. The third kappa shape index (κ3) is 3.62. The molecule has 1 N–H and O–H groups in total. The molecule has 0 bridgehead atoms. The van der Waals surface area contributed by atoms with E-state index in [2.05, 4.69) is 25.2 Å². The van der Waals surface area contributed by atoms with Crippen LogP contribution in [0.3, 0.4) is 0 Å². The fraction of sp³-hybridized carbons (Fsp3) is 0.833. The number of nitrogens with one attached hydrogen (secondary N) is 1. The van der Waals surface area contributed by atoms with Crippen LogP contribution >= 0.6 is 11.6 Å². The van der Waals surface area contributed by atoms with Crippen LogP contribution in [0.5, 0.6) is 0 Å². The highest BCUT2D eigenvalue weighted by molar-refractivity contribution is 6.18. The predicted octanol–water partition coefficient (Wildman–Crippen LogP) is 3.34. The van der Waals surface area contributed by atoms with Gasteiger partial charge in [-0.15, -0.1) is 11.6 Å². The topological polar surface area (TPSA) is 12.0 Å². The van der Waals surface area contributed by atoms with Crippen LogP contribution in [0.1, 0.15) is 39.5 Å². The molecule has 0 unspecified atom stereocenters. The number of hydrogen-bond donors (Lipinski definition) is 1. The van der Waals surface area contributed by atoms with Gasteiger partial charge in [0.25, 0.3) is 0 Å². The zero-order chi connectivity index (χ0) is 10.4. The van der Waals surface area contributed by atoms with Gasteiger partial charge in [0.2, 0.25) is 0 Å². The molecule has 0 aromatic rings. The second-order valence-corrected chi connectivity index (χ2v) is 5.02. The molecule has 1 nitrogen and oxygen atoms in total. The summed E-state index contributed by atoms with van der Waals surface area (Å²) in [7, 11) is 0. The summed E-state index contributed by atoms with van der Waals surface area (Å²) in [5, 5.41) is 3.49. The zero-order valence-corrected chi connectivity index (χ0v) is 10.2. The lowest BCUT2D eigenvalue weighted by atomic mass is 9.88. The van der Waals surface area contributed by atoms with Crippen LogP contribution in [0, 0.1) is 5.41 Å². The number of rotatable bonds is 5. The maximum Gasteiger partial charge on any atom is 0.0292 e. The van der Waals surface area contributed by atoms with E-state index < -0.39 is 0 Å². The van der Waals surface area contributed by atoms with Crippen LogP contribution in [0.4, 0.5) is 0 Å². The Labute approximate surface area is 92.9 Å². The lowest BCUT2D eigenvalue weighted by molar-refractivity contribution is 0.327. The maximum absolute atomic E-state index is 6.05. The first kappa shape index (κ1) is 12.1. The Morgan fingerprint density at radius 2 is 2.00 bits per heavy atom. The average Bonchev–Trinajstić information content (AvgIpc) is 2.62. The van der Waals surface area contributed by atoms with Crippen LogP contribution in [0.15, 0.2) is 11.6 Å². The van der Waals surface area contributed by atoms with Crippen molar-refractivity contribution in [1.29, 1.82) is 0 Å². The minimum atomic E-state index is 0.400. The number of allylic oxidation sites excluding steroid dienone is 1. The standard InChI is InChI=1S/C12H22ClN/c1-11(2)5-8-14-10-12(9-13)6-3-4-7-12/h5,14H,3-4,6-10H2,1-2H3. The Balaban J connectivity index is 2.24. The van der Waals surface area contributed by atoms with Crippen molar-refractivity contribution < 1.29 is 0 Å². The summed E-state index contributed by atoms with van der Waals surface area (Å²) in [5.74, 6) is 0.814. The molecule has 0 atom stereocenters. The highest BCUT2D eigenvalue weighted by Gasteiger charge is 2.32. The van der Waals surface area contributed by atoms with Crippen LogP contribution in [0.2, 0.25) is 0 Å². The van der Waals surface area contributed by atoms with Gasteiger partial charge in [-0.2, -0.15) is 0 Å². The number of hydrogen-bond acceptors (Lipinski definition) is 1. The fourth-order valence-corrected chi connectivity index (χ4v) is 2.46. The van der Waals surface area contributed by atoms with Gasteiger partial charge in [-0.3, -0.25) is 0 Å². The first-order valence-corrected chi connectivity index (χ1v) is 6.12. The summed E-state index contributed by atoms with van der Waals surface area (Å²) in [6, 6.07) is 0. The van der Waals surface area contributed by atoms with E-state index in [-0.39, 0.29) is 0 Å². The van der Waals surface area contributed by atoms with E-state index in [9.17, 15) is 0 Å². The van der Waals surface area contributed by atoms with E-state index in [0.29, 0.717) is 5.41 Å². The normalized spacial score (nSPS) is 19.6. The van der Waals surface area contributed by atoms with Crippen LogP contribution in [0.25, 0.3) is 0 Å². The maximum atomic E-state index is 6.05. The van der Waals surface area contributed by atoms with Crippen molar-refractivity contribution in [2.75, 3.05) is 19.0 Å². The molecular formula is C12H22ClN. The van der Waals surface area contributed by atoms with E-state index in [1.807, 2.05) is 0 Å². The van der Waals surface area contributed by atoms with Crippen LogP contribution in [-0.4, -0.2) is 19.0 Å². The Morgan fingerprint density at radius 3 is 2.50 bits per heavy atom. The summed E-state index contributed by atoms with van der Waals surface area (Å²) in [6.45, 7) is 6.34. The largest absolute Gasteiger partial charge is 0.313 e. The summed E-state index contributed by atoms with van der Waals surface area (Å²) >= 11 is 6.05. The van der Waals surface area contributed by atoms with Crippen molar-refractivity contribution in [2.24, 2.45) is 5.41 Å². The Bertz CT molecular complexity index is 188. The van der Waals surface area contributed by atoms with Crippen molar-refractivity contribution >= 4 is 11.6 Å². The Kier molecular flexibility index (Phi) is 4.97. The molecular weight excluding hydrogens is 194 g/mol. The molecule has 2 heteroatoms. The number of alkyl halides is 1. The van der Waals surface area contributed by atoms with Gasteiger partial charge >= 0.3 is 0 Å². The van der Waals surface area contributed by atoms with Gasteiger partial charge in [-0.1, -0.05) is 24.5 Å². The molecule has 1 rings (SSSR count). The van der Waals surface area contributed by atoms with Crippen molar-refractivity contribution in [3.05, 3.63) is 11.6 Å². The minimum Gasteiger partial charge on any atom is -0.313 e. The van der Waals surface area contributed by atoms with Crippen LogP contribution in [-0.2, 0) is 0 Å². The minimum absolute atomic E-state index is 0.400. The van der Waals surface area contributed by atoms with E-state index in [1.165, 1.54) is 31.3 Å². The van der Waals surface area contributed by atoms with Crippen molar-refractivity contribution in [3.8, 4) is 0 Å². The highest BCUT2D eigenvalue weighted by Crippen LogP contribution is 2.38.